The number of anilines is 1. The molecule has 1 aromatic rings. The highest BCUT2D eigenvalue weighted by Crippen LogP contribution is 2.26. The number of nitrogens with zero attached hydrogens (tertiary/aromatic N) is 4. The van der Waals surface area contributed by atoms with Crippen molar-refractivity contribution >= 4 is 17.3 Å². The predicted octanol–water partition coefficient (Wildman–Crippen LogP) is 2.40. The number of nitrogens with one attached hydrogen (secondary N) is 1. The number of amides is 1. The maximum Gasteiger partial charge on any atom is 0.237 e. The normalized spacial score (nSPS) is 23.1. The molecule has 0 unspecified atom stereocenters. The van der Waals surface area contributed by atoms with E-state index in [4.69, 9.17) is 11.8 Å². The monoisotopic (exact) mass is 373 g/mol. The van der Waals surface area contributed by atoms with Gasteiger partial charge in [0.15, 0.2) is 0 Å². The molecule has 2 heterocycles. The Morgan fingerprint density at radius 1 is 1.41 bits per heavy atom. The number of hydrogen-bond donors (Lipinski definition) is 1. The van der Waals surface area contributed by atoms with Gasteiger partial charge >= 0.3 is 0 Å². The summed E-state index contributed by atoms with van der Waals surface area (Å²) < 4.78 is 27.2. The molecule has 6 nitrogen and oxygen atoms in total. The fourth-order valence-corrected chi connectivity index (χ4v) is 3.64. The Morgan fingerprint density at radius 3 is 2.78 bits per heavy atom. The van der Waals surface area contributed by atoms with Crippen molar-refractivity contribution in [2.24, 2.45) is 0 Å². The molecular formula is C19H21F2N5O. The van der Waals surface area contributed by atoms with E-state index in [9.17, 15) is 13.6 Å². The van der Waals surface area contributed by atoms with Crippen molar-refractivity contribution in [3.8, 4) is 6.07 Å². The van der Waals surface area contributed by atoms with Gasteiger partial charge in [-0.25, -0.2) is 13.6 Å². The van der Waals surface area contributed by atoms with Crippen molar-refractivity contribution in [2.45, 2.75) is 37.5 Å². The number of alkyl halides is 1. The second-order valence-electron chi connectivity index (χ2n) is 6.91. The minimum Gasteiger partial charge on any atom is -0.371 e. The molecule has 0 bridgehead atoms. The summed E-state index contributed by atoms with van der Waals surface area (Å²) in [6, 6.07) is 6.06. The first-order valence-corrected chi connectivity index (χ1v) is 9.00. The molecule has 0 saturated carbocycles. The van der Waals surface area contributed by atoms with Crippen molar-refractivity contribution in [3.05, 3.63) is 35.4 Å². The van der Waals surface area contributed by atoms with Crippen LogP contribution in [-0.2, 0) is 4.79 Å². The Morgan fingerprint density at radius 2 is 2.15 bits per heavy atom. The van der Waals surface area contributed by atoms with Gasteiger partial charge in [-0.2, -0.15) is 5.26 Å². The van der Waals surface area contributed by atoms with Crippen molar-refractivity contribution < 1.29 is 13.6 Å². The smallest absolute Gasteiger partial charge is 0.237 e. The lowest BCUT2D eigenvalue weighted by Gasteiger charge is -2.34. The summed E-state index contributed by atoms with van der Waals surface area (Å²) in [7, 11) is 0. The van der Waals surface area contributed by atoms with Gasteiger partial charge in [0.05, 0.1) is 25.7 Å². The Balaban J connectivity index is 1.47. The third-order valence-corrected chi connectivity index (χ3v) is 5.17. The van der Waals surface area contributed by atoms with Crippen LogP contribution in [0.2, 0.25) is 0 Å². The van der Waals surface area contributed by atoms with Crippen LogP contribution in [-0.4, -0.2) is 55.2 Å². The number of rotatable bonds is 4. The number of benzene rings is 1. The zero-order valence-corrected chi connectivity index (χ0v) is 14.9. The molecule has 0 spiro atoms. The molecule has 2 aliphatic rings. The summed E-state index contributed by atoms with van der Waals surface area (Å²) in [5.41, 5.74) is 0.763. The van der Waals surface area contributed by atoms with E-state index >= 15 is 0 Å². The Labute approximate surface area is 157 Å². The zero-order valence-electron chi connectivity index (χ0n) is 14.9. The molecule has 1 N–H and O–H groups in total. The Hall–Kier alpha value is -2.71. The van der Waals surface area contributed by atoms with Crippen LogP contribution in [0.5, 0.6) is 0 Å². The van der Waals surface area contributed by atoms with Crippen LogP contribution in [0.15, 0.2) is 18.2 Å². The van der Waals surface area contributed by atoms with Gasteiger partial charge in [0.2, 0.25) is 11.6 Å². The maximum atomic E-state index is 13.8. The van der Waals surface area contributed by atoms with Crippen LogP contribution >= 0.6 is 0 Å². The van der Waals surface area contributed by atoms with Gasteiger partial charge in [-0.3, -0.25) is 4.79 Å². The molecule has 0 aromatic heterocycles. The van der Waals surface area contributed by atoms with Crippen molar-refractivity contribution in [2.75, 3.05) is 31.1 Å². The second kappa shape index (κ2) is 8.32. The van der Waals surface area contributed by atoms with E-state index in [-0.39, 0.29) is 37.1 Å². The van der Waals surface area contributed by atoms with Gasteiger partial charge < -0.3 is 15.1 Å². The topological polar surface area (TPSA) is 63.7 Å². The average Bonchev–Trinajstić information content (AvgIpc) is 3.07. The summed E-state index contributed by atoms with van der Waals surface area (Å²) in [5, 5.41) is 12.2. The predicted molar refractivity (Wildman–Crippen MR) is 96.5 cm³/mol. The zero-order chi connectivity index (χ0) is 19.4. The number of carbonyl (C=O) groups is 1. The number of hydrogen-bond acceptors (Lipinski definition) is 4. The number of nitriles is 1. The summed E-state index contributed by atoms with van der Waals surface area (Å²) in [6.07, 6.45) is 0.528. The molecule has 1 amide bonds. The van der Waals surface area contributed by atoms with Crippen LogP contribution < -0.4 is 10.2 Å². The SMILES string of the molecule is [C-]#[N+]c1ccc(N2CCC(NCC(=O)N3C[C@@H](F)C[C@H]3C#N)CC2)cc1F. The molecule has 1 aromatic carbocycles. The summed E-state index contributed by atoms with van der Waals surface area (Å²) in [5.74, 6) is -0.766. The van der Waals surface area contributed by atoms with Gasteiger partial charge in [0.1, 0.15) is 18.0 Å². The van der Waals surface area contributed by atoms with E-state index in [1.807, 2.05) is 6.07 Å². The number of carbonyl (C=O) groups excluding carboxylic acids is 1. The number of halogens is 2. The van der Waals surface area contributed by atoms with Gasteiger partial charge in [-0.05, 0) is 25.0 Å². The Bertz CT molecular complexity index is 779. The van der Waals surface area contributed by atoms with Crippen LogP contribution in [0, 0.1) is 23.7 Å². The van der Waals surface area contributed by atoms with Gasteiger partial charge in [0, 0.05) is 31.2 Å². The minimum atomic E-state index is -1.13. The molecule has 0 aliphatic carbocycles. The largest absolute Gasteiger partial charge is 0.371 e. The molecule has 27 heavy (non-hydrogen) atoms. The van der Waals surface area contributed by atoms with E-state index in [0.29, 0.717) is 13.1 Å². The van der Waals surface area contributed by atoms with Crippen LogP contribution in [0.4, 0.5) is 20.2 Å². The molecule has 2 atom stereocenters. The molecule has 0 radical (unpaired) electrons. The highest BCUT2D eigenvalue weighted by atomic mass is 19.1. The quantitative estimate of drug-likeness (QED) is 0.824. The number of likely N-dealkylation sites (tertiary alicyclic amines) is 1. The third kappa shape index (κ3) is 4.35. The first kappa shape index (κ1) is 19.1. The van der Waals surface area contributed by atoms with Crippen molar-refractivity contribution in [3.63, 3.8) is 0 Å². The van der Waals surface area contributed by atoms with Crippen molar-refractivity contribution in [1.82, 2.24) is 10.2 Å². The molecule has 2 saturated heterocycles. The lowest BCUT2D eigenvalue weighted by Crippen LogP contribution is -2.47. The fraction of sp³-hybridized carbons (Fsp3) is 0.526. The molecule has 8 heteroatoms. The lowest BCUT2D eigenvalue weighted by molar-refractivity contribution is -0.130. The molecule has 142 valence electrons. The Kier molecular flexibility index (Phi) is 5.88. The van der Waals surface area contributed by atoms with Gasteiger partial charge in [0.25, 0.3) is 0 Å². The fourth-order valence-electron chi connectivity index (χ4n) is 3.64. The minimum absolute atomic E-state index is 0.0106. The van der Waals surface area contributed by atoms with E-state index < -0.39 is 18.0 Å². The van der Waals surface area contributed by atoms with Crippen molar-refractivity contribution in [1.29, 1.82) is 5.26 Å². The maximum absolute atomic E-state index is 13.8. The third-order valence-electron chi connectivity index (χ3n) is 5.17. The lowest BCUT2D eigenvalue weighted by atomic mass is 10.0. The first-order chi connectivity index (χ1) is 13.0. The molecular weight excluding hydrogens is 352 g/mol. The molecule has 2 aliphatic heterocycles. The van der Waals surface area contributed by atoms with E-state index in [0.717, 1.165) is 18.5 Å². The summed E-state index contributed by atoms with van der Waals surface area (Å²) >= 11 is 0. The van der Waals surface area contributed by atoms with Gasteiger partial charge in [-0.1, -0.05) is 6.07 Å². The molecule has 2 fully saturated rings. The van der Waals surface area contributed by atoms with Gasteiger partial charge in [-0.15, -0.1) is 0 Å². The van der Waals surface area contributed by atoms with Crippen LogP contribution in [0.1, 0.15) is 19.3 Å². The van der Waals surface area contributed by atoms with E-state index in [1.165, 1.54) is 17.0 Å². The van der Waals surface area contributed by atoms with E-state index in [2.05, 4.69) is 15.1 Å². The van der Waals surface area contributed by atoms with Crippen LogP contribution in [0.25, 0.3) is 4.85 Å². The standard InChI is InChI=1S/C19H21F2N5O/c1-23-18-3-2-15(9-17(18)21)25-6-4-14(5-7-25)24-11-19(27)26-12-13(20)8-16(26)10-22/h2-3,9,13-14,16,24H,4-8,11-12H2/t13-,16-/m0/s1. The van der Waals surface area contributed by atoms with E-state index in [1.54, 1.807) is 6.07 Å². The number of piperidine rings is 1. The van der Waals surface area contributed by atoms with Crippen LogP contribution in [0.3, 0.4) is 0 Å². The molecule has 3 rings (SSSR count). The second-order valence-corrected chi connectivity index (χ2v) is 6.91. The summed E-state index contributed by atoms with van der Waals surface area (Å²) in [6.45, 7) is 8.39. The first-order valence-electron chi connectivity index (χ1n) is 9.00. The average molecular weight is 373 g/mol. The summed E-state index contributed by atoms with van der Waals surface area (Å²) in [4.78, 5) is 18.7. The highest BCUT2D eigenvalue weighted by molar-refractivity contribution is 5.79. The highest BCUT2D eigenvalue weighted by Gasteiger charge is 2.35.